The summed E-state index contributed by atoms with van der Waals surface area (Å²) in [5.74, 6) is 0.135. The number of carbonyl (C=O) groups is 1. The molecular formula is C6H5BrCl2O. The van der Waals surface area contributed by atoms with Gasteiger partial charge in [0.05, 0.1) is 4.48 Å². The fraction of sp³-hybridized carbons (Fsp3) is 0.500. The molecule has 0 spiro atoms. The maximum absolute atomic E-state index is 10.1. The number of hydrogen-bond donors (Lipinski definition) is 0. The second-order valence-electron chi connectivity index (χ2n) is 2.24. The molecule has 0 saturated heterocycles. The van der Waals surface area contributed by atoms with Crippen molar-refractivity contribution in [3.05, 3.63) is 10.6 Å². The summed E-state index contributed by atoms with van der Waals surface area (Å²) in [5.41, 5.74) is 0. The number of carbonyl (C=O) groups excluding carboxylic acids is 1. The molecule has 0 heterocycles. The van der Waals surface area contributed by atoms with Gasteiger partial charge in [0.25, 0.3) is 0 Å². The van der Waals surface area contributed by atoms with E-state index in [0.717, 1.165) is 12.7 Å². The lowest BCUT2D eigenvalue weighted by Gasteiger charge is -1.90. The zero-order chi connectivity index (χ0) is 7.78. The van der Waals surface area contributed by atoms with Crippen LogP contribution in [0, 0.1) is 5.92 Å². The number of allylic oxidation sites excluding steroid dienone is 2. The lowest BCUT2D eigenvalue weighted by atomic mass is 10.4. The highest BCUT2D eigenvalue weighted by Gasteiger charge is 2.50. The molecular weight excluding hydrogens is 239 g/mol. The van der Waals surface area contributed by atoms with Crippen LogP contribution in [0.4, 0.5) is 0 Å². The predicted molar refractivity (Wildman–Crippen MR) is 45.6 cm³/mol. The summed E-state index contributed by atoms with van der Waals surface area (Å²) in [6.07, 6.45) is 3.19. The van der Waals surface area contributed by atoms with Crippen LogP contribution in [-0.2, 0) is 4.79 Å². The van der Waals surface area contributed by atoms with Crippen LogP contribution in [0.15, 0.2) is 10.6 Å². The SMILES string of the molecule is O=CC(Br)=CC1CC1(Cl)Cl. The number of alkyl halides is 2. The van der Waals surface area contributed by atoms with Gasteiger partial charge >= 0.3 is 0 Å². The smallest absolute Gasteiger partial charge is 0.156 e. The van der Waals surface area contributed by atoms with Crippen molar-refractivity contribution in [3.63, 3.8) is 0 Å². The fourth-order valence-electron chi connectivity index (χ4n) is 0.647. The van der Waals surface area contributed by atoms with Crippen LogP contribution in [0.2, 0.25) is 0 Å². The molecule has 0 aromatic heterocycles. The summed E-state index contributed by atoms with van der Waals surface area (Å²) in [7, 11) is 0. The Labute approximate surface area is 77.5 Å². The van der Waals surface area contributed by atoms with E-state index in [-0.39, 0.29) is 5.92 Å². The van der Waals surface area contributed by atoms with E-state index in [1.807, 2.05) is 0 Å². The molecule has 0 amide bonds. The van der Waals surface area contributed by atoms with E-state index >= 15 is 0 Å². The van der Waals surface area contributed by atoms with Crippen LogP contribution in [0.1, 0.15) is 6.42 Å². The van der Waals surface area contributed by atoms with Crippen molar-refractivity contribution < 1.29 is 4.79 Å². The maximum atomic E-state index is 10.1. The maximum Gasteiger partial charge on any atom is 0.156 e. The molecule has 1 aliphatic rings. The van der Waals surface area contributed by atoms with Gasteiger partial charge in [-0.15, -0.1) is 23.2 Å². The highest BCUT2D eigenvalue weighted by atomic mass is 79.9. The zero-order valence-corrected chi connectivity index (χ0v) is 8.08. The Bertz CT molecular complexity index is 188. The average Bonchev–Trinajstić information content (AvgIpc) is 2.40. The molecule has 1 rings (SSSR count). The third-order valence-electron chi connectivity index (χ3n) is 1.35. The molecule has 0 aromatic carbocycles. The van der Waals surface area contributed by atoms with E-state index in [9.17, 15) is 4.79 Å². The molecule has 0 aliphatic heterocycles. The van der Waals surface area contributed by atoms with E-state index in [4.69, 9.17) is 23.2 Å². The van der Waals surface area contributed by atoms with Gasteiger partial charge in [0, 0.05) is 5.92 Å². The Hall–Kier alpha value is 0.470. The van der Waals surface area contributed by atoms with Gasteiger partial charge in [-0.25, -0.2) is 0 Å². The third kappa shape index (κ3) is 1.97. The number of rotatable bonds is 2. The number of halogens is 3. The minimum Gasteiger partial charge on any atom is -0.297 e. The molecule has 10 heavy (non-hydrogen) atoms. The van der Waals surface area contributed by atoms with Crippen LogP contribution in [0.3, 0.4) is 0 Å². The second-order valence-corrected chi connectivity index (χ2v) is 4.70. The van der Waals surface area contributed by atoms with E-state index < -0.39 is 4.33 Å². The monoisotopic (exact) mass is 242 g/mol. The van der Waals surface area contributed by atoms with Crippen molar-refractivity contribution in [1.82, 2.24) is 0 Å². The summed E-state index contributed by atoms with van der Waals surface area (Å²) in [6.45, 7) is 0. The molecule has 1 nitrogen and oxygen atoms in total. The molecule has 4 heteroatoms. The van der Waals surface area contributed by atoms with E-state index in [2.05, 4.69) is 15.9 Å². The minimum atomic E-state index is -0.623. The molecule has 1 unspecified atom stereocenters. The minimum absolute atomic E-state index is 0.135. The van der Waals surface area contributed by atoms with Gasteiger partial charge in [0.15, 0.2) is 6.29 Å². The normalized spacial score (nSPS) is 29.9. The summed E-state index contributed by atoms with van der Waals surface area (Å²) in [6, 6.07) is 0. The van der Waals surface area contributed by atoms with E-state index in [1.165, 1.54) is 0 Å². The summed E-state index contributed by atoms with van der Waals surface area (Å²) < 4.78 is -0.108. The van der Waals surface area contributed by atoms with Gasteiger partial charge in [-0.1, -0.05) is 6.08 Å². The van der Waals surface area contributed by atoms with Crippen molar-refractivity contribution in [2.45, 2.75) is 10.8 Å². The molecule has 1 aliphatic carbocycles. The number of aldehydes is 1. The first-order valence-electron chi connectivity index (χ1n) is 2.76. The van der Waals surface area contributed by atoms with E-state index in [0.29, 0.717) is 4.48 Å². The highest BCUT2D eigenvalue weighted by molar-refractivity contribution is 9.12. The van der Waals surface area contributed by atoms with Crippen molar-refractivity contribution in [1.29, 1.82) is 0 Å². The summed E-state index contributed by atoms with van der Waals surface area (Å²) >= 11 is 14.4. The predicted octanol–water partition coefficient (Wildman–Crippen LogP) is 2.66. The Morgan fingerprint density at radius 2 is 2.20 bits per heavy atom. The van der Waals surface area contributed by atoms with Crippen molar-refractivity contribution in [2.75, 3.05) is 0 Å². The molecule has 1 fully saturated rings. The van der Waals surface area contributed by atoms with Crippen LogP contribution >= 0.6 is 39.1 Å². The molecule has 1 saturated carbocycles. The lowest BCUT2D eigenvalue weighted by Crippen LogP contribution is -1.86. The van der Waals surface area contributed by atoms with E-state index in [1.54, 1.807) is 6.08 Å². The Morgan fingerprint density at radius 3 is 2.50 bits per heavy atom. The Morgan fingerprint density at radius 1 is 1.70 bits per heavy atom. The van der Waals surface area contributed by atoms with Crippen LogP contribution in [0.25, 0.3) is 0 Å². The second kappa shape index (κ2) is 2.84. The first-order chi connectivity index (χ1) is 4.56. The molecule has 0 N–H and O–H groups in total. The summed E-state index contributed by atoms with van der Waals surface area (Å²) in [4.78, 5) is 10.1. The molecule has 0 bridgehead atoms. The molecule has 56 valence electrons. The number of hydrogen-bond acceptors (Lipinski definition) is 1. The van der Waals surface area contributed by atoms with Crippen molar-refractivity contribution in [3.8, 4) is 0 Å². The molecule has 0 radical (unpaired) electrons. The quantitative estimate of drug-likeness (QED) is 0.414. The van der Waals surface area contributed by atoms with Gasteiger partial charge in [0.1, 0.15) is 4.33 Å². The van der Waals surface area contributed by atoms with Gasteiger partial charge in [-0.05, 0) is 22.4 Å². The average molecular weight is 244 g/mol. The third-order valence-corrected chi connectivity index (χ3v) is 2.67. The highest BCUT2D eigenvalue weighted by Crippen LogP contribution is 2.54. The topological polar surface area (TPSA) is 17.1 Å². The standard InChI is InChI=1S/C6H5BrCl2O/c7-5(3-10)1-4-2-6(4,8)9/h1,3-4H,2H2. The van der Waals surface area contributed by atoms with Crippen LogP contribution in [-0.4, -0.2) is 10.6 Å². The first-order valence-corrected chi connectivity index (χ1v) is 4.31. The largest absolute Gasteiger partial charge is 0.297 e. The van der Waals surface area contributed by atoms with Gasteiger partial charge in [0.2, 0.25) is 0 Å². The molecule has 0 aromatic rings. The van der Waals surface area contributed by atoms with Crippen molar-refractivity contribution >= 4 is 45.4 Å². The van der Waals surface area contributed by atoms with Crippen LogP contribution in [0.5, 0.6) is 0 Å². The lowest BCUT2D eigenvalue weighted by molar-refractivity contribution is -0.104. The van der Waals surface area contributed by atoms with Crippen molar-refractivity contribution in [2.24, 2.45) is 5.92 Å². The molecule has 1 atom stereocenters. The van der Waals surface area contributed by atoms with Gasteiger partial charge in [-0.3, -0.25) is 4.79 Å². The van der Waals surface area contributed by atoms with Gasteiger partial charge < -0.3 is 0 Å². The first kappa shape index (κ1) is 8.57. The Balaban J connectivity index is 2.50. The van der Waals surface area contributed by atoms with Gasteiger partial charge in [-0.2, -0.15) is 0 Å². The van der Waals surface area contributed by atoms with Crippen LogP contribution < -0.4 is 0 Å². The Kier molecular flexibility index (Phi) is 2.43. The fourth-order valence-corrected chi connectivity index (χ4v) is 1.42. The zero-order valence-electron chi connectivity index (χ0n) is 4.98. The summed E-state index contributed by atoms with van der Waals surface area (Å²) in [5, 5.41) is 0.